The monoisotopic (exact) mass is 253 g/mol. The first-order valence-electron chi connectivity index (χ1n) is 7.14. The van der Waals surface area contributed by atoms with E-state index in [9.17, 15) is 4.79 Å². The highest BCUT2D eigenvalue weighted by atomic mass is 16.5. The second kappa shape index (κ2) is 5.15. The van der Waals surface area contributed by atoms with E-state index < -0.39 is 0 Å². The molecule has 4 saturated heterocycles. The number of rotatable bonds is 3. The van der Waals surface area contributed by atoms with Crippen molar-refractivity contribution < 1.29 is 9.53 Å². The Morgan fingerprint density at radius 1 is 1.28 bits per heavy atom. The molecule has 3 unspecified atom stereocenters. The molecule has 4 aliphatic rings. The highest BCUT2D eigenvalue weighted by Gasteiger charge is 2.37. The van der Waals surface area contributed by atoms with Crippen molar-refractivity contribution in [1.29, 1.82) is 0 Å². The largest absolute Gasteiger partial charge is 0.364 e. The Balaban J connectivity index is 1.52. The van der Waals surface area contributed by atoms with Crippen molar-refractivity contribution >= 4 is 5.91 Å². The summed E-state index contributed by atoms with van der Waals surface area (Å²) in [5.41, 5.74) is 5.57. The quantitative estimate of drug-likeness (QED) is 0.725. The van der Waals surface area contributed by atoms with E-state index in [4.69, 9.17) is 10.5 Å². The van der Waals surface area contributed by atoms with Crippen LogP contribution in [-0.4, -0.2) is 55.2 Å². The summed E-state index contributed by atoms with van der Waals surface area (Å²) in [6.45, 7) is 3.94. The van der Waals surface area contributed by atoms with Gasteiger partial charge in [-0.15, -0.1) is 0 Å². The van der Waals surface area contributed by atoms with Gasteiger partial charge in [0.25, 0.3) is 0 Å². The third-order valence-electron chi connectivity index (χ3n) is 4.65. The Bertz CT molecular complexity index is 315. The molecule has 18 heavy (non-hydrogen) atoms. The Morgan fingerprint density at radius 2 is 2.06 bits per heavy atom. The molecular weight excluding hydrogens is 230 g/mol. The lowest BCUT2D eigenvalue weighted by atomic mass is 9.84. The van der Waals surface area contributed by atoms with Crippen LogP contribution in [0.4, 0.5) is 0 Å². The van der Waals surface area contributed by atoms with Gasteiger partial charge in [-0.2, -0.15) is 0 Å². The van der Waals surface area contributed by atoms with Gasteiger partial charge in [0, 0.05) is 19.1 Å². The van der Waals surface area contributed by atoms with E-state index in [1.165, 1.54) is 25.9 Å². The molecule has 0 radical (unpaired) electrons. The van der Waals surface area contributed by atoms with E-state index in [0.29, 0.717) is 18.5 Å². The third-order valence-corrected chi connectivity index (χ3v) is 4.65. The summed E-state index contributed by atoms with van der Waals surface area (Å²) in [5, 5.41) is 3.19. The molecule has 0 aromatic rings. The number of nitrogens with one attached hydrogen (secondary N) is 1. The number of piperidine rings is 3. The van der Waals surface area contributed by atoms with Crippen LogP contribution in [-0.2, 0) is 9.53 Å². The van der Waals surface area contributed by atoms with Crippen LogP contribution in [0.2, 0.25) is 0 Å². The molecule has 3 N–H and O–H groups in total. The second-order valence-corrected chi connectivity index (χ2v) is 5.81. The average Bonchev–Trinajstić information content (AvgIpc) is 2.89. The van der Waals surface area contributed by atoms with Crippen molar-refractivity contribution in [1.82, 2.24) is 10.2 Å². The molecule has 0 aliphatic carbocycles. The zero-order valence-electron chi connectivity index (χ0n) is 10.8. The number of nitrogens with two attached hydrogens (primary N) is 1. The van der Waals surface area contributed by atoms with Gasteiger partial charge < -0.3 is 20.7 Å². The molecule has 0 aromatic heterocycles. The molecule has 0 saturated carbocycles. The number of hydrogen-bond acceptors (Lipinski definition) is 4. The first-order valence-corrected chi connectivity index (χ1v) is 7.14. The fourth-order valence-corrected chi connectivity index (χ4v) is 3.48. The van der Waals surface area contributed by atoms with Gasteiger partial charge in [-0.3, -0.25) is 4.79 Å². The van der Waals surface area contributed by atoms with Crippen LogP contribution in [0.25, 0.3) is 0 Å². The van der Waals surface area contributed by atoms with E-state index in [1.807, 2.05) is 0 Å². The Morgan fingerprint density at radius 3 is 2.61 bits per heavy atom. The molecule has 4 fully saturated rings. The van der Waals surface area contributed by atoms with Crippen LogP contribution in [0.1, 0.15) is 25.7 Å². The van der Waals surface area contributed by atoms with E-state index in [0.717, 1.165) is 19.4 Å². The van der Waals surface area contributed by atoms with E-state index in [-0.39, 0.29) is 18.1 Å². The molecule has 2 bridgehead atoms. The number of amides is 1. The number of carbonyl (C=O) groups excluding carboxylic acids is 1. The van der Waals surface area contributed by atoms with Crippen molar-refractivity contribution in [2.45, 2.75) is 43.9 Å². The van der Waals surface area contributed by atoms with Gasteiger partial charge in [-0.25, -0.2) is 0 Å². The summed E-state index contributed by atoms with van der Waals surface area (Å²) < 4.78 is 5.64. The normalized spacial score (nSPS) is 43.1. The predicted molar refractivity (Wildman–Crippen MR) is 68.0 cm³/mol. The standard InChI is InChI=1S/C13H23N3O2/c14-7-10-1-2-12(18-10)13(17)15-11-8-16-5-3-9(11)4-6-16/h9-12H,1-8,14H2,(H,15,17). The summed E-state index contributed by atoms with van der Waals surface area (Å²) in [4.78, 5) is 14.6. The first kappa shape index (κ1) is 12.4. The molecule has 102 valence electrons. The maximum absolute atomic E-state index is 12.2. The molecule has 4 heterocycles. The van der Waals surface area contributed by atoms with Crippen LogP contribution in [0.15, 0.2) is 0 Å². The topological polar surface area (TPSA) is 67.6 Å². The Kier molecular flexibility index (Phi) is 3.54. The van der Waals surface area contributed by atoms with E-state index in [1.54, 1.807) is 0 Å². The van der Waals surface area contributed by atoms with Gasteiger partial charge in [0.1, 0.15) is 6.10 Å². The van der Waals surface area contributed by atoms with Crippen molar-refractivity contribution in [2.75, 3.05) is 26.2 Å². The van der Waals surface area contributed by atoms with Crippen molar-refractivity contribution in [2.24, 2.45) is 11.7 Å². The smallest absolute Gasteiger partial charge is 0.249 e. The number of nitrogens with zero attached hydrogens (tertiary/aromatic N) is 1. The minimum Gasteiger partial charge on any atom is -0.364 e. The van der Waals surface area contributed by atoms with Crippen LogP contribution < -0.4 is 11.1 Å². The first-order chi connectivity index (χ1) is 8.76. The van der Waals surface area contributed by atoms with Crippen LogP contribution in [0, 0.1) is 5.92 Å². The molecule has 3 atom stereocenters. The molecule has 0 spiro atoms. The Hall–Kier alpha value is -0.650. The van der Waals surface area contributed by atoms with Gasteiger partial charge >= 0.3 is 0 Å². The van der Waals surface area contributed by atoms with Gasteiger partial charge in [-0.1, -0.05) is 0 Å². The van der Waals surface area contributed by atoms with Crippen molar-refractivity contribution in [3.63, 3.8) is 0 Å². The zero-order valence-corrected chi connectivity index (χ0v) is 10.8. The van der Waals surface area contributed by atoms with Gasteiger partial charge in [0.2, 0.25) is 5.91 Å². The highest BCUT2D eigenvalue weighted by molar-refractivity contribution is 5.81. The van der Waals surface area contributed by atoms with Crippen LogP contribution >= 0.6 is 0 Å². The molecule has 4 aliphatic heterocycles. The zero-order chi connectivity index (χ0) is 12.5. The molecule has 4 rings (SSSR count). The van der Waals surface area contributed by atoms with Gasteiger partial charge in [0.05, 0.1) is 6.10 Å². The summed E-state index contributed by atoms with van der Waals surface area (Å²) in [6.07, 6.45) is 3.98. The Labute approximate surface area is 108 Å². The molecular formula is C13H23N3O2. The minimum atomic E-state index is -0.269. The summed E-state index contributed by atoms with van der Waals surface area (Å²) in [5.74, 6) is 0.746. The van der Waals surface area contributed by atoms with Gasteiger partial charge in [-0.05, 0) is 44.7 Å². The van der Waals surface area contributed by atoms with Crippen LogP contribution in [0.3, 0.4) is 0 Å². The van der Waals surface area contributed by atoms with Gasteiger partial charge in [0.15, 0.2) is 0 Å². The fraction of sp³-hybridized carbons (Fsp3) is 0.923. The maximum atomic E-state index is 12.2. The molecule has 5 nitrogen and oxygen atoms in total. The number of fused-ring (bicyclic) bond motifs is 3. The van der Waals surface area contributed by atoms with Crippen molar-refractivity contribution in [3.05, 3.63) is 0 Å². The van der Waals surface area contributed by atoms with Crippen molar-refractivity contribution in [3.8, 4) is 0 Å². The molecule has 5 heteroatoms. The number of hydrogen-bond donors (Lipinski definition) is 2. The summed E-state index contributed by atoms with van der Waals surface area (Å²) >= 11 is 0. The maximum Gasteiger partial charge on any atom is 0.249 e. The second-order valence-electron chi connectivity index (χ2n) is 5.81. The highest BCUT2D eigenvalue weighted by Crippen LogP contribution is 2.28. The lowest BCUT2D eigenvalue weighted by Gasteiger charge is -2.45. The lowest BCUT2D eigenvalue weighted by Crippen LogP contribution is -2.58. The summed E-state index contributed by atoms with van der Waals surface area (Å²) in [6, 6.07) is 0.334. The SMILES string of the molecule is NCC1CCC(C(=O)NC2CN3CCC2CC3)O1. The molecule has 1 amide bonds. The average molecular weight is 253 g/mol. The lowest BCUT2D eigenvalue weighted by molar-refractivity contribution is -0.134. The minimum absolute atomic E-state index is 0.0738. The summed E-state index contributed by atoms with van der Waals surface area (Å²) in [7, 11) is 0. The predicted octanol–water partition coefficient (Wildman–Crippen LogP) is -0.297. The molecule has 0 aromatic carbocycles. The van der Waals surface area contributed by atoms with Crippen LogP contribution in [0.5, 0.6) is 0 Å². The third kappa shape index (κ3) is 2.39. The number of carbonyl (C=O) groups is 1. The fourth-order valence-electron chi connectivity index (χ4n) is 3.48. The van der Waals surface area contributed by atoms with E-state index >= 15 is 0 Å². The van der Waals surface area contributed by atoms with E-state index in [2.05, 4.69) is 10.2 Å². The number of ether oxygens (including phenoxy) is 1.